The molecule has 0 saturated carbocycles. The number of benzene rings is 1. The van der Waals surface area contributed by atoms with E-state index < -0.39 is 28.8 Å². The highest BCUT2D eigenvalue weighted by atomic mass is 19.2. The van der Waals surface area contributed by atoms with Crippen LogP contribution >= 0.6 is 0 Å². The Bertz CT molecular complexity index is 336. The summed E-state index contributed by atoms with van der Waals surface area (Å²) in [6.07, 6.45) is -0.0407. The first-order valence-corrected chi connectivity index (χ1v) is 2.89. The second-order valence-corrected chi connectivity index (χ2v) is 2.04. The summed E-state index contributed by atoms with van der Waals surface area (Å²) < 4.78 is 37.3. The van der Waals surface area contributed by atoms with E-state index in [1.165, 1.54) is 0 Å². The van der Waals surface area contributed by atoms with Crippen molar-refractivity contribution in [3.05, 3.63) is 29.1 Å². The molecule has 2 nitrogen and oxygen atoms in total. The molecule has 1 aromatic carbocycles. The predicted octanol–water partition coefficient (Wildman–Crippen LogP) is 1.62. The molecule has 12 heavy (non-hydrogen) atoms. The van der Waals surface area contributed by atoms with E-state index >= 15 is 0 Å². The van der Waals surface area contributed by atoms with Gasteiger partial charge in [-0.3, -0.25) is 4.79 Å². The third-order valence-electron chi connectivity index (χ3n) is 1.29. The average Bonchev–Trinajstić information content (AvgIpc) is 2.08. The molecule has 0 atom stereocenters. The van der Waals surface area contributed by atoms with E-state index in [2.05, 4.69) is 0 Å². The lowest BCUT2D eigenvalue weighted by Gasteiger charge is -1.99. The van der Waals surface area contributed by atoms with Gasteiger partial charge in [-0.2, -0.15) is 4.39 Å². The number of rotatable bonds is 1. The van der Waals surface area contributed by atoms with E-state index in [-0.39, 0.29) is 6.29 Å². The molecule has 64 valence electrons. The fraction of sp³-hybridized carbons (Fsp3) is 0. The van der Waals surface area contributed by atoms with Crippen molar-refractivity contribution in [1.29, 1.82) is 0 Å². The van der Waals surface area contributed by atoms with Crippen LogP contribution in [-0.4, -0.2) is 11.4 Å². The molecular formula is C7H3F3O2. The van der Waals surface area contributed by atoms with Crippen LogP contribution in [0.3, 0.4) is 0 Å². The second-order valence-electron chi connectivity index (χ2n) is 2.04. The fourth-order valence-corrected chi connectivity index (χ4v) is 0.690. The number of halogens is 3. The van der Waals surface area contributed by atoms with Crippen molar-refractivity contribution in [3.63, 3.8) is 0 Å². The molecule has 1 rings (SSSR count). The summed E-state index contributed by atoms with van der Waals surface area (Å²) in [5.41, 5.74) is -0.761. The van der Waals surface area contributed by atoms with E-state index in [0.29, 0.717) is 6.07 Å². The summed E-state index contributed by atoms with van der Waals surface area (Å²) in [5.74, 6) is -6.09. The molecule has 0 aliphatic rings. The van der Waals surface area contributed by atoms with Gasteiger partial charge in [-0.1, -0.05) is 0 Å². The van der Waals surface area contributed by atoms with Gasteiger partial charge >= 0.3 is 0 Å². The fourth-order valence-electron chi connectivity index (χ4n) is 0.690. The molecule has 5 heteroatoms. The molecule has 0 fully saturated rings. The maximum Gasteiger partial charge on any atom is 0.204 e. The Morgan fingerprint density at radius 1 is 1.25 bits per heavy atom. The maximum atomic E-state index is 12.5. The molecular weight excluding hydrogens is 173 g/mol. The molecule has 0 aromatic heterocycles. The first kappa shape index (κ1) is 8.58. The summed E-state index contributed by atoms with van der Waals surface area (Å²) >= 11 is 0. The predicted molar refractivity (Wildman–Crippen MR) is 33.4 cm³/mol. The Hall–Kier alpha value is -1.52. The van der Waals surface area contributed by atoms with Crippen LogP contribution in [0.1, 0.15) is 10.4 Å². The van der Waals surface area contributed by atoms with Crippen molar-refractivity contribution in [2.75, 3.05) is 0 Å². The minimum atomic E-state index is -1.75. The Balaban J connectivity index is 3.49. The van der Waals surface area contributed by atoms with Gasteiger partial charge in [0.25, 0.3) is 0 Å². The Kier molecular flexibility index (Phi) is 2.03. The highest BCUT2D eigenvalue weighted by Crippen LogP contribution is 2.24. The normalized spacial score (nSPS) is 9.92. The molecule has 0 spiro atoms. The van der Waals surface area contributed by atoms with Crippen LogP contribution in [0.25, 0.3) is 0 Å². The molecule has 1 N–H and O–H groups in total. The maximum absolute atomic E-state index is 12.5. The highest BCUT2D eigenvalue weighted by molar-refractivity contribution is 5.75. The van der Waals surface area contributed by atoms with Crippen LogP contribution < -0.4 is 0 Å². The second kappa shape index (κ2) is 2.84. The number of aromatic hydroxyl groups is 1. The van der Waals surface area contributed by atoms with Crippen molar-refractivity contribution >= 4 is 6.29 Å². The Morgan fingerprint density at radius 2 is 1.83 bits per heavy atom. The first-order chi connectivity index (χ1) is 5.57. The summed E-state index contributed by atoms with van der Waals surface area (Å²) in [6, 6.07) is 0.417. The van der Waals surface area contributed by atoms with Crippen LogP contribution in [0.4, 0.5) is 13.2 Å². The van der Waals surface area contributed by atoms with Gasteiger partial charge in [-0.15, -0.1) is 0 Å². The van der Waals surface area contributed by atoms with Crippen LogP contribution in [0.2, 0.25) is 0 Å². The van der Waals surface area contributed by atoms with Crippen molar-refractivity contribution in [2.24, 2.45) is 0 Å². The van der Waals surface area contributed by atoms with Gasteiger partial charge in [0, 0.05) is 0 Å². The standard InChI is InChI=1S/C7H3F3O2/c8-4-1-3(2-11)5(9)6(10)7(4)12/h1-2,12H. The lowest BCUT2D eigenvalue weighted by molar-refractivity contribution is 0.111. The Morgan fingerprint density at radius 3 is 2.33 bits per heavy atom. The summed E-state index contributed by atoms with van der Waals surface area (Å²) in [4.78, 5) is 9.99. The zero-order chi connectivity index (χ0) is 9.30. The van der Waals surface area contributed by atoms with Gasteiger partial charge in [0.1, 0.15) is 0 Å². The van der Waals surface area contributed by atoms with E-state index in [0.717, 1.165) is 0 Å². The average molecular weight is 176 g/mol. The SMILES string of the molecule is O=Cc1cc(F)c(O)c(F)c1F. The van der Waals surface area contributed by atoms with Crippen molar-refractivity contribution in [3.8, 4) is 5.75 Å². The third-order valence-corrected chi connectivity index (χ3v) is 1.29. The van der Waals surface area contributed by atoms with Gasteiger partial charge in [0.15, 0.2) is 23.7 Å². The molecule has 0 heterocycles. The lowest BCUT2D eigenvalue weighted by atomic mass is 10.2. The molecule has 0 radical (unpaired) electrons. The number of carbonyl (C=O) groups is 1. The van der Waals surface area contributed by atoms with E-state index in [1.807, 2.05) is 0 Å². The molecule has 0 saturated heterocycles. The van der Waals surface area contributed by atoms with Gasteiger partial charge in [0.2, 0.25) is 5.82 Å². The largest absolute Gasteiger partial charge is 0.503 e. The molecule has 0 aliphatic heterocycles. The molecule has 1 aromatic rings. The molecule has 0 unspecified atom stereocenters. The van der Waals surface area contributed by atoms with Crippen LogP contribution in [-0.2, 0) is 0 Å². The lowest BCUT2D eigenvalue weighted by Crippen LogP contribution is -1.95. The summed E-state index contributed by atoms with van der Waals surface area (Å²) in [7, 11) is 0. The van der Waals surface area contributed by atoms with Gasteiger partial charge in [-0.25, -0.2) is 8.78 Å². The topological polar surface area (TPSA) is 37.3 Å². The minimum absolute atomic E-state index is 0.0407. The Labute approximate surface area is 65.2 Å². The van der Waals surface area contributed by atoms with Gasteiger partial charge in [0.05, 0.1) is 5.56 Å². The van der Waals surface area contributed by atoms with Crippen molar-refractivity contribution in [1.82, 2.24) is 0 Å². The summed E-state index contributed by atoms with van der Waals surface area (Å²) in [5, 5.41) is 8.50. The van der Waals surface area contributed by atoms with E-state index in [1.54, 1.807) is 0 Å². The number of carbonyl (C=O) groups excluding carboxylic acids is 1. The van der Waals surface area contributed by atoms with Crippen LogP contribution in [0.5, 0.6) is 5.75 Å². The zero-order valence-electron chi connectivity index (χ0n) is 5.64. The number of phenolic OH excluding ortho intramolecular Hbond substituents is 1. The number of aldehydes is 1. The highest BCUT2D eigenvalue weighted by Gasteiger charge is 2.17. The first-order valence-electron chi connectivity index (χ1n) is 2.89. The quantitative estimate of drug-likeness (QED) is 0.521. The smallest absolute Gasteiger partial charge is 0.204 e. The van der Waals surface area contributed by atoms with Gasteiger partial charge < -0.3 is 5.11 Å². The van der Waals surface area contributed by atoms with Crippen LogP contribution in [0.15, 0.2) is 6.07 Å². The molecule has 0 bridgehead atoms. The number of hydrogen-bond acceptors (Lipinski definition) is 2. The molecule has 0 aliphatic carbocycles. The van der Waals surface area contributed by atoms with Gasteiger partial charge in [-0.05, 0) is 6.07 Å². The monoisotopic (exact) mass is 176 g/mol. The van der Waals surface area contributed by atoms with Crippen LogP contribution in [0, 0.1) is 17.5 Å². The summed E-state index contributed by atoms with van der Waals surface area (Å²) in [6.45, 7) is 0. The van der Waals surface area contributed by atoms with E-state index in [4.69, 9.17) is 5.11 Å². The van der Waals surface area contributed by atoms with E-state index in [9.17, 15) is 18.0 Å². The minimum Gasteiger partial charge on any atom is -0.503 e. The zero-order valence-corrected chi connectivity index (χ0v) is 5.64. The van der Waals surface area contributed by atoms with Crippen molar-refractivity contribution < 1.29 is 23.1 Å². The third kappa shape index (κ3) is 1.13. The van der Waals surface area contributed by atoms with Crippen molar-refractivity contribution in [2.45, 2.75) is 0 Å². The molecule has 0 amide bonds. The number of hydrogen-bond donors (Lipinski definition) is 1. The number of phenols is 1.